The fourth-order valence-electron chi connectivity index (χ4n) is 1.05. The van der Waals surface area contributed by atoms with E-state index in [1.165, 1.54) is 0 Å². The number of carboxylic acid groups (broad SMARTS) is 1. The first-order valence-corrected chi connectivity index (χ1v) is 4.48. The maximum atomic E-state index is 10.5. The van der Waals surface area contributed by atoms with Crippen molar-refractivity contribution in [2.24, 2.45) is 0 Å². The van der Waals surface area contributed by atoms with Crippen molar-refractivity contribution in [3.05, 3.63) is 17.6 Å². The van der Waals surface area contributed by atoms with Crippen molar-refractivity contribution in [2.45, 2.75) is 11.4 Å². The van der Waals surface area contributed by atoms with Crippen LogP contribution in [0.4, 0.5) is 0 Å². The number of aromatic carboxylic acids is 1. The minimum absolute atomic E-state index is 0.108. The molecule has 1 aliphatic heterocycles. The molecule has 0 saturated heterocycles. The van der Waals surface area contributed by atoms with Crippen LogP contribution in [0.15, 0.2) is 11.2 Å². The molecule has 1 aliphatic rings. The van der Waals surface area contributed by atoms with E-state index in [9.17, 15) is 4.79 Å². The fraction of sp³-hybridized carbons (Fsp3) is 0.286. The Labute approximate surface area is 73.0 Å². The van der Waals surface area contributed by atoms with Gasteiger partial charge in [-0.25, -0.2) is 14.8 Å². The van der Waals surface area contributed by atoms with E-state index in [1.54, 1.807) is 18.0 Å². The molecule has 62 valence electrons. The summed E-state index contributed by atoms with van der Waals surface area (Å²) in [6, 6.07) is 0. The number of aryl methyl sites for hydroxylation is 1. The van der Waals surface area contributed by atoms with Crippen LogP contribution in [0.2, 0.25) is 0 Å². The number of fused-ring (bicyclic) bond motifs is 1. The molecule has 0 aliphatic carbocycles. The number of hydrogen-bond donors (Lipinski definition) is 1. The van der Waals surface area contributed by atoms with Crippen molar-refractivity contribution in [3.63, 3.8) is 0 Å². The first-order valence-electron chi connectivity index (χ1n) is 3.49. The second-order valence-corrected chi connectivity index (χ2v) is 3.51. The van der Waals surface area contributed by atoms with Gasteiger partial charge in [0.25, 0.3) is 0 Å². The van der Waals surface area contributed by atoms with Gasteiger partial charge in [-0.3, -0.25) is 0 Å². The Morgan fingerprint density at radius 3 is 3.25 bits per heavy atom. The van der Waals surface area contributed by atoms with Crippen LogP contribution in [0.25, 0.3) is 0 Å². The molecule has 1 N–H and O–H groups in total. The smallest absolute Gasteiger partial charge is 0.373 e. The van der Waals surface area contributed by atoms with Gasteiger partial charge in [-0.05, 0) is 6.42 Å². The number of aromatic nitrogens is 2. The molecule has 1 aromatic heterocycles. The summed E-state index contributed by atoms with van der Waals surface area (Å²) in [4.78, 5) is 18.1. The third kappa shape index (κ3) is 1.16. The lowest BCUT2D eigenvalue weighted by Gasteiger charge is -1.96. The third-order valence-corrected chi connectivity index (χ3v) is 2.66. The maximum absolute atomic E-state index is 10.5. The lowest BCUT2D eigenvalue weighted by molar-refractivity contribution is 0.0682. The van der Waals surface area contributed by atoms with Crippen molar-refractivity contribution in [2.75, 3.05) is 5.75 Å². The van der Waals surface area contributed by atoms with Gasteiger partial charge >= 0.3 is 5.97 Å². The molecule has 0 fully saturated rings. The first-order chi connectivity index (χ1) is 5.77. The molecular weight excluding hydrogens is 176 g/mol. The molecule has 0 amide bonds. The molecule has 0 atom stereocenters. The van der Waals surface area contributed by atoms with Crippen LogP contribution in [-0.4, -0.2) is 26.8 Å². The minimum Gasteiger partial charge on any atom is -0.475 e. The Morgan fingerprint density at radius 2 is 2.50 bits per heavy atom. The summed E-state index contributed by atoms with van der Waals surface area (Å²) in [6.07, 6.45) is 2.55. The van der Waals surface area contributed by atoms with Crippen LogP contribution in [0, 0.1) is 0 Å². The molecule has 0 bridgehead atoms. The Balaban J connectivity index is 2.45. The lowest BCUT2D eigenvalue weighted by Crippen LogP contribution is -2.04. The van der Waals surface area contributed by atoms with Gasteiger partial charge in [0.2, 0.25) is 5.82 Å². The van der Waals surface area contributed by atoms with Crippen LogP contribution in [0.5, 0.6) is 0 Å². The molecular formula is C7H6N2O2S. The highest BCUT2D eigenvalue weighted by Crippen LogP contribution is 2.28. The predicted molar refractivity (Wildman–Crippen MR) is 43.4 cm³/mol. The normalized spacial score (nSPS) is 14.3. The van der Waals surface area contributed by atoms with Gasteiger partial charge in [0.1, 0.15) is 5.03 Å². The topological polar surface area (TPSA) is 63.1 Å². The molecule has 5 heteroatoms. The predicted octanol–water partition coefficient (Wildman–Crippen LogP) is 0.823. The van der Waals surface area contributed by atoms with Crippen molar-refractivity contribution in [1.29, 1.82) is 0 Å². The van der Waals surface area contributed by atoms with Crippen LogP contribution < -0.4 is 0 Å². The van der Waals surface area contributed by atoms with Crippen molar-refractivity contribution >= 4 is 17.7 Å². The van der Waals surface area contributed by atoms with Gasteiger partial charge in [-0.2, -0.15) is 0 Å². The van der Waals surface area contributed by atoms with Crippen molar-refractivity contribution in [1.82, 2.24) is 9.97 Å². The molecule has 0 aromatic carbocycles. The highest BCUT2D eigenvalue weighted by molar-refractivity contribution is 7.99. The summed E-state index contributed by atoms with van der Waals surface area (Å²) in [5.74, 6) is -0.193. The lowest BCUT2D eigenvalue weighted by atomic mass is 10.3. The van der Waals surface area contributed by atoms with Gasteiger partial charge in [-0.1, -0.05) is 0 Å². The van der Waals surface area contributed by atoms with Crippen molar-refractivity contribution in [3.8, 4) is 0 Å². The standard InChI is InChI=1S/C7H6N2O2S/c10-7(11)5-8-3-4-1-2-12-6(4)9-5/h3H,1-2H2,(H,10,11). The zero-order chi connectivity index (χ0) is 8.55. The van der Waals surface area contributed by atoms with E-state index in [-0.39, 0.29) is 5.82 Å². The van der Waals surface area contributed by atoms with Crippen LogP contribution in [0.1, 0.15) is 16.2 Å². The molecule has 0 saturated carbocycles. The Hall–Kier alpha value is -1.10. The summed E-state index contributed by atoms with van der Waals surface area (Å²) in [5.41, 5.74) is 1.06. The average Bonchev–Trinajstić information content (AvgIpc) is 2.49. The number of carboxylic acids is 1. The largest absolute Gasteiger partial charge is 0.475 e. The summed E-state index contributed by atoms with van der Waals surface area (Å²) in [5, 5.41) is 9.40. The number of hydrogen-bond acceptors (Lipinski definition) is 4. The second-order valence-electron chi connectivity index (χ2n) is 2.43. The highest BCUT2D eigenvalue weighted by Gasteiger charge is 2.16. The Bertz CT molecular complexity index is 340. The van der Waals surface area contributed by atoms with Crippen molar-refractivity contribution < 1.29 is 9.90 Å². The molecule has 0 radical (unpaired) electrons. The second kappa shape index (κ2) is 2.75. The highest BCUT2D eigenvalue weighted by atomic mass is 32.2. The number of carbonyl (C=O) groups is 1. The van der Waals surface area contributed by atoms with E-state index in [4.69, 9.17) is 5.11 Å². The zero-order valence-corrected chi connectivity index (χ0v) is 6.97. The average molecular weight is 182 g/mol. The molecule has 4 nitrogen and oxygen atoms in total. The van der Waals surface area contributed by atoms with Crippen LogP contribution in [-0.2, 0) is 6.42 Å². The van der Waals surface area contributed by atoms with E-state index in [0.29, 0.717) is 0 Å². The first kappa shape index (κ1) is 7.54. The van der Waals surface area contributed by atoms with Gasteiger partial charge in [-0.15, -0.1) is 11.8 Å². The third-order valence-electron chi connectivity index (χ3n) is 1.63. The monoisotopic (exact) mass is 182 g/mol. The minimum atomic E-state index is -1.06. The number of rotatable bonds is 1. The van der Waals surface area contributed by atoms with E-state index in [0.717, 1.165) is 22.8 Å². The summed E-state index contributed by atoms with van der Waals surface area (Å²) < 4.78 is 0. The Morgan fingerprint density at radius 1 is 1.67 bits per heavy atom. The molecule has 2 heterocycles. The Kier molecular flexibility index (Phi) is 1.73. The SMILES string of the molecule is O=C(O)c1ncc2c(n1)SCC2. The van der Waals surface area contributed by atoms with E-state index in [2.05, 4.69) is 9.97 Å². The quantitative estimate of drug-likeness (QED) is 0.651. The van der Waals surface area contributed by atoms with Gasteiger partial charge in [0, 0.05) is 17.5 Å². The molecule has 0 unspecified atom stereocenters. The van der Waals surface area contributed by atoms with E-state index >= 15 is 0 Å². The maximum Gasteiger partial charge on any atom is 0.373 e. The molecule has 0 spiro atoms. The summed E-state index contributed by atoms with van der Waals surface area (Å²) >= 11 is 1.58. The summed E-state index contributed by atoms with van der Waals surface area (Å²) in [7, 11) is 0. The molecule has 1 aromatic rings. The van der Waals surface area contributed by atoms with E-state index in [1.807, 2.05) is 0 Å². The molecule has 12 heavy (non-hydrogen) atoms. The number of nitrogens with zero attached hydrogens (tertiary/aromatic N) is 2. The van der Waals surface area contributed by atoms with Crippen LogP contribution in [0.3, 0.4) is 0 Å². The van der Waals surface area contributed by atoms with E-state index < -0.39 is 5.97 Å². The molecule has 2 rings (SSSR count). The fourth-order valence-corrected chi connectivity index (χ4v) is 2.05. The number of thioether (sulfide) groups is 1. The summed E-state index contributed by atoms with van der Waals surface area (Å²) in [6.45, 7) is 0. The van der Waals surface area contributed by atoms with Gasteiger partial charge in [0.05, 0.1) is 0 Å². The van der Waals surface area contributed by atoms with Crippen LogP contribution >= 0.6 is 11.8 Å². The van der Waals surface area contributed by atoms with Gasteiger partial charge in [0.15, 0.2) is 0 Å². The van der Waals surface area contributed by atoms with Gasteiger partial charge < -0.3 is 5.11 Å². The zero-order valence-electron chi connectivity index (χ0n) is 6.15.